The predicted molar refractivity (Wildman–Crippen MR) is 110 cm³/mol. The molecule has 0 fully saturated rings. The van der Waals surface area contributed by atoms with Crippen molar-refractivity contribution in [2.45, 2.75) is 33.8 Å². The number of rotatable bonds is 6. The van der Waals surface area contributed by atoms with Gasteiger partial charge in [-0.2, -0.15) is 5.10 Å². The maximum atomic E-state index is 5.64. The standard InChI is InChI=1S/C21H23N3OS/c1-14(2)25-19-9-6-17(7-10-19)12-22-24-21-23-20(13-26-21)18-8-5-15(3)16(4)11-18/h5-14H,1-4H3,(H,23,24)/b22-12-. The number of nitrogens with zero attached hydrogens (tertiary/aromatic N) is 2. The summed E-state index contributed by atoms with van der Waals surface area (Å²) >= 11 is 1.54. The quantitative estimate of drug-likeness (QED) is 0.453. The van der Waals surface area contributed by atoms with Crippen LogP contribution in [-0.2, 0) is 0 Å². The first-order valence-corrected chi connectivity index (χ1v) is 9.48. The molecule has 134 valence electrons. The molecule has 0 aliphatic heterocycles. The minimum absolute atomic E-state index is 0.174. The predicted octanol–water partition coefficient (Wildman–Crippen LogP) is 5.66. The van der Waals surface area contributed by atoms with E-state index in [2.05, 4.69) is 47.6 Å². The van der Waals surface area contributed by atoms with E-state index in [-0.39, 0.29) is 6.10 Å². The maximum absolute atomic E-state index is 5.64. The van der Waals surface area contributed by atoms with Crippen molar-refractivity contribution in [2.24, 2.45) is 5.10 Å². The van der Waals surface area contributed by atoms with Crippen LogP contribution in [0.15, 0.2) is 52.9 Å². The molecule has 0 atom stereocenters. The van der Waals surface area contributed by atoms with Gasteiger partial charge in [-0.15, -0.1) is 11.3 Å². The fraction of sp³-hybridized carbons (Fsp3) is 0.238. The zero-order chi connectivity index (χ0) is 18.5. The van der Waals surface area contributed by atoms with Gasteiger partial charge >= 0.3 is 0 Å². The van der Waals surface area contributed by atoms with Gasteiger partial charge < -0.3 is 4.74 Å². The highest BCUT2D eigenvalue weighted by atomic mass is 32.1. The molecule has 1 heterocycles. The third-order valence-corrected chi connectivity index (χ3v) is 4.68. The number of thiazole rings is 1. The van der Waals surface area contributed by atoms with Gasteiger partial charge in [-0.25, -0.2) is 4.98 Å². The van der Waals surface area contributed by atoms with E-state index < -0.39 is 0 Å². The average molecular weight is 366 g/mol. The van der Waals surface area contributed by atoms with Gasteiger partial charge in [0.05, 0.1) is 18.0 Å². The minimum atomic E-state index is 0.174. The smallest absolute Gasteiger partial charge is 0.203 e. The molecule has 1 N–H and O–H groups in total. The number of aryl methyl sites for hydroxylation is 2. The molecule has 0 bridgehead atoms. The molecule has 0 spiro atoms. The summed E-state index contributed by atoms with van der Waals surface area (Å²) in [5.74, 6) is 0.864. The number of nitrogens with one attached hydrogen (secondary N) is 1. The number of benzene rings is 2. The van der Waals surface area contributed by atoms with Gasteiger partial charge in [0.25, 0.3) is 0 Å². The van der Waals surface area contributed by atoms with Crippen molar-refractivity contribution in [2.75, 3.05) is 5.43 Å². The molecule has 0 unspecified atom stereocenters. The van der Waals surface area contributed by atoms with Crippen LogP contribution in [0.2, 0.25) is 0 Å². The summed E-state index contributed by atoms with van der Waals surface area (Å²) in [6, 6.07) is 14.2. The van der Waals surface area contributed by atoms with E-state index in [9.17, 15) is 0 Å². The first-order chi connectivity index (χ1) is 12.5. The first kappa shape index (κ1) is 18.1. The second kappa shape index (κ2) is 8.15. The summed E-state index contributed by atoms with van der Waals surface area (Å²) in [6.45, 7) is 8.26. The monoisotopic (exact) mass is 365 g/mol. The van der Waals surface area contributed by atoms with Crippen LogP contribution in [0.3, 0.4) is 0 Å². The van der Waals surface area contributed by atoms with E-state index in [0.29, 0.717) is 0 Å². The molecule has 0 aliphatic rings. The maximum Gasteiger partial charge on any atom is 0.203 e. The van der Waals surface area contributed by atoms with Crippen LogP contribution in [0.25, 0.3) is 11.3 Å². The molecule has 0 saturated carbocycles. The summed E-state index contributed by atoms with van der Waals surface area (Å²) < 4.78 is 5.64. The lowest BCUT2D eigenvalue weighted by atomic mass is 10.1. The lowest BCUT2D eigenvalue weighted by Crippen LogP contribution is -2.05. The molecule has 0 saturated heterocycles. The number of ether oxygens (including phenoxy) is 1. The van der Waals surface area contributed by atoms with Crippen LogP contribution >= 0.6 is 11.3 Å². The van der Waals surface area contributed by atoms with Crippen molar-refractivity contribution >= 4 is 22.7 Å². The Hall–Kier alpha value is -2.66. The summed E-state index contributed by atoms with van der Waals surface area (Å²) in [4.78, 5) is 4.60. The van der Waals surface area contributed by atoms with Crippen LogP contribution in [0.1, 0.15) is 30.5 Å². The zero-order valence-corrected chi connectivity index (χ0v) is 16.3. The van der Waals surface area contributed by atoms with E-state index in [1.165, 1.54) is 11.1 Å². The van der Waals surface area contributed by atoms with Crippen molar-refractivity contribution < 1.29 is 4.74 Å². The Labute approximate surface area is 158 Å². The Morgan fingerprint density at radius 2 is 1.85 bits per heavy atom. The molecular formula is C21H23N3OS. The van der Waals surface area contributed by atoms with Gasteiger partial charge in [-0.05, 0) is 74.7 Å². The summed E-state index contributed by atoms with van der Waals surface area (Å²) in [7, 11) is 0. The summed E-state index contributed by atoms with van der Waals surface area (Å²) in [5.41, 5.74) is 8.65. The van der Waals surface area contributed by atoms with E-state index in [1.807, 2.05) is 43.5 Å². The molecule has 3 rings (SSSR count). The van der Waals surface area contributed by atoms with Gasteiger partial charge in [0.15, 0.2) is 0 Å². The van der Waals surface area contributed by atoms with Crippen molar-refractivity contribution in [3.63, 3.8) is 0 Å². The molecular weight excluding hydrogens is 342 g/mol. The number of anilines is 1. The Balaban J connectivity index is 1.62. The molecule has 5 heteroatoms. The van der Waals surface area contributed by atoms with E-state index >= 15 is 0 Å². The average Bonchev–Trinajstić information content (AvgIpc) is 3.07. The minimum Gasteiger partial charge on any atom is -0.491 e. The number of hydrazone groups is 1. The number of hydrogen-bond donors (Lipinski definition) is 1. The van der Waals surface area contributed by atoms with Crippen molar-refractivity contribution in [1.29, 1.82) is 0 Å². The topological polar surface area (TPSA) is 46.5 Å². The van der Waals surface area contributed by atoms with Gasteiger partial charge in [-0.3, -0.25) is 5.43 Å². The Bertz CT molecular complexity index is 898. The zero-order valence-electron chi connectivity index (χ0n) is 15.5. The highest BCUT2D eigenvalue weighted by Gasteiger charge is 2.05. The Morgan fingerprint density at radius 1 is 1.08 bits per heavy atom. The molecule has 3 aromatic rings. The van der Waals surface area contributed by atoms with E-state index in [0.717, 1.165) is 27.7 Å². The number of hydrogen-bond acceptors (Lipinski definition) is 5. The van der Waals surface area contributed by atoms with Crippen LogP contribution in [0.4, 0.5) is 5.13 Å². The third-order valence-electron chi connectivity index (χ3n) is 3.93. The molecule has 0 radical (unpaired) electrons. The molecule has 1 aromatic heterocycles. The largest absolute Gasteiger partial charge is 0.491 e. The fourth-order valence-corrected chi connectivity index (χ4v) is 3.09. The van der Waals surface area contributed by atoms with Crippen molar-refractivity contribution in [1.82, 2.24) is 4.98 Å². The summed E-state index contributed by atoms with van der Waals surface area (Å²) in [6.07, 6.45) is 1.95. The van der Waals surface area contributed by atoms with Crippen LogP contribution < -0.4 is 10.2 Å². The second-order valence-corrected chi connectivity index (χ2v) is 7.30. The van der Waals surface area contributed by atoms with Crippen LogP contribution in [0.5, 0.6) is 5.75 Å². The van der Waals surface area contributed by atoms with Crippen LogP contribution in [0, 0.1) is 13.8 Å². The van der Waals surface area contributed by atoms with Gasteiger partial charge in [0.2, 0.25) is 5.13 Å². The van der Waals surface area contributed by atoms with Gasteiger partial charge in [0, 0.05) is 10.9 Å². The van der Waals surface area contributed by atoms with Crippen molar-refractivity contribution in [3.05, 3.63) is 64.5 Å². The molecule has 26 heavy (non-hydrogen) atoms. The lowest BCUT2D eigenvalue weighted by molar-refractivity contribution is 0.242. The van der Waals surface area contributed by atoms with Crippen LogP contribution in [-0.4, -0.2) is 17.3 Å². The van der Waals surface area contributed by atoms with Crippen molar-refractivity contribution in [3.8, 4) is 17.0 Å². The fourth-order valence-electron chi connectivity index (χ4n) is 2.43. The third kappa shape index (κ3) is 4.70. The summed E-state index contributed by atoms with van der Waals surface area (Å²) in [5, 5.41) is 7.09. The molecule has 0 amide bonds. The normalized spacial score (nSPS) is 11.3. The van der Waals surface area contributed by atoms with Gasteiger partial charge in [0.1, 0.15) is 5.75 Å². The molecule has 0 aliphatic carbocycles. The lowest BCUT2D eigenvalue weighted by Gasteiger charge is -2.08. The highest BCUT2D eigenvalue weighted by Crippen LogP contribution is 2.26. The first-order valence-electron chi connectivity index (χ1n) is 8.60. The molecule has 2 aromatic carbocycles. The van der Waals surface area contributed by atoms with E-state index in [1.54, 1.807) is 17.6 Å². The van der Waals surface area contributed by atoms with Gasteiger partial charge in [-0.1, -0.05) is 12.1 Å². The SMILES string of the molecule is Cc1ccc(-c2csc(N/N=C\c3ccc(OC(C)C)cc3)n2)cc1C. The van der Waals surface area contributed by atoms with E-state index in [4.69, 9.17) is 4.74 Å². The second-order valence-electron chi connectivity index (χ2n) is 6.44. The Kier molecular flexibility index (Phi) is 5.68. The number of aromatic nitrogens is 1. The highest BCUT2D eigenvalue weighted by molar-refractivity contribution is 7.14. The molecule has 4 nitrogen and oxygen atoms in total. The Morgan fingerprint density at radius 3 is 2.54 bits per heavy atom.